The molecule has 6 nitrogen and oxygen atoms in total. The summed E-state index contributed by atoms with van der Waals surface area (Å²) in [6.07, 6.45) is 0.514. The first-order valence-electron chi connectivity index (χ1n) is 4.70. The van der Waals surface area contributed by atoms with Gasteiger partial charge in [-0.3, -0.25) is 8.98 Å². The van der Waals surface area contributed by atoms with Crippen LogP contribution in [0.2, 0.25) is 0 Å². The SMILES string of the molecule is C=C(C)C(=O)NCCOS(=O)(=O)CCC.N. The van der Waals surface area contributed by atoms with Gasteiger partial charge in [0.1, 0.15) is 0 Å². The van der Waals surface area contributed by atoms with Crippen LogP contribution in [-0.2, 0) is 19.1 Å². The van der Waals surface area contributed by atoms with E-state index in [4.69, 9.17) is 0 Å². The number of hydrogen-bond donors (Lipinski definition) is 2. The first-order valence-corrected chi connectivity index (χ1v) is 6.27. The molecule has 0 saturated heterocycles. The molecule has 7 heteroatoms. The van der Waals surface area contributed by atoms with Crippen molar-refractivity contribution in [1.82, 2.24) is 11.5 Å². The van der Waals surface area contributed by atoms with Gasteiger partial charge in [0.2, 0.25) is 5.91 Å². The van der Waals surface area contributed by atoms with Gasteiger partial charge in [0.05, 0.1) is 12.4 Å². The highest BCUT2D eigenvalue weighted by Crippen LogP contribution is 1.95. The van der Waals surface area contributed by atoms with Crippen molar-refractivity contribution in [2.24, 2.45) is 0 Å². The van der Waals surface area contributed by atoms with Gasteiger partial charge in [0, 0.05) is 12.1 Å². The Hall–Kier alpha value is -0.920. The summed E-state index contributed by atoms with van der Waals surface area (Å²) in [5, 5.41) is 2.47. The van der Waals surface area contributed by atoms with Crippen LogP contribution in [-0.4, -0.2) is 33.2 Å². The summed E-state index contributed by atoms with van der Waals surface area (Å²) in [6, 6.07) is 0. The lowest BCUT2D eigenvalue weighted by atomic mass is 10.3. The van der Waals surface area contributed by atoms with Gasteiger partial charge in [0.15, 0.2) is 0 Å². The molecule has 0 radical (unpaired) electrons. The second kappa shape index (κ2) is 8.26. The number of carbonyl (C=O) groups is 1. The Morgan fingerprint density at radius 2 is 2.00 bits per heavy atom. The van der Waals surface area contributed by atoms with Crippen molar-refractivity contribution in [1.29, 1.82) is 0 Å². The maximum absolute atomic E-state index is 11.1. The zero-order chi connectivity index (χ0) is 11.9. The maximum atomic E-state index is 11.1. The van der Waals surface area contributed by atoms with E-state index in [1.807, 2.05) is 0 Å². The lowest BCUT2D eigenvalue weighted by Gasteiger charge is -2.05. The Kier molecular flexibility index (Phi) is 9.02. The van der Waals surface area contributed by atoms with Crippen LogP contribution in [0.1, 0.15) is 20.3 Å². The van der Waals surface area contributed by atoms with Crippen molar-refractivity contribution in [3.05, 3.63) is 12.2 Å². The van der Waals surface area contributed by atoms with Crippen LogP contribution >= 0.6 is 0 Å². The van der Waals surface area contributed by atoms with Crippen LogP contribution in [0.15, 0.2) is 12.2 Å². The van der Waals surface area contributed by atoms with Crippen LogP contribution in [0.3, 0.4) is 0 Å². The summed E-state index contributed by atoms with van der Waals surface area (Å²) in [7, 11) is -3.42. The molecule has 0 heterocycles. The third-order valence-electron chi connectivity index (χ3n) is 1.49. The Labute approximate surface area is 96.8 Å². The molecule has 0 atom stereocenters. The Balaban J connectivity index is 0. The molecule has 4 N–H and O–H groups in total. The molecule has 0 unspecified atom stereocenters. The summed E-state index contributed by atoms with van der Waals surface area (Å²) < 4.78 is 26.7. The largest absolute Gasteiger partial charge is 0.350 e. The molecule has 96 valence electrons. The molecule has 0 aromatic carbocycles. The van der Waals surface area contributed by atoms with E-state index in [1.165, 1.54) is 0 Å². The topological polar surface area (TPSA) is 107 Å². The molecule has 0 saturated carbocycles. The van der Waals surface area contributed by atoms with Crippen molar-refractivity contribution in [2.45, 2.75) is 20.3 Å². The minimum absolute atomic E-state index is 0. The molecule has 16 heavy (non-hydrogen) atoms. The molecule has 0 spiro atoms. The molecule has 0 fully saturated rings. The van der Waals surface area contributed by atoms with Gasteiger partial charge < -0.3 is 11.5 Å². The maximum Gasteiger partial charge on any atom is 0.267 e. The van der Waals surface area contributed by atoms with Crippen molar-refractivity contribution in [2.75, 3.05) is 18.9 Å². The monoisotopic (exact) mass is 252 g/mol. The molecule has 0 aliphatic carbocycles. The van der Waals surface area contributed by atoms with E-state index in [-0.39, 0.29) is 31.0 Å². The second-order valence-corrected chi connectivity index (χ2v) is 4.88. The van der Waals surface area contributed by atoms with Gasteiger partial charge in [0.25, 0.3) is 10.1 Å². The summed E-state index contributed by atoms with van der Waals surface area (Å²) >= 11 is 0. The van der Waals surface area contributed by atoms with Gasteiger partial charge in [-0.05, 0) is 13.3 Å². The Morgan fingerprint density at radius 1 is 1.44 bits per heavy atom. The standard InChI is InChI=1S/C9H17NO4S.H3N/c1-4-7-15(12,13)14-6-5-10-9(11)8(2)3;/h2,4-7H2,1,3H3,(H,10,11);1H3. The normalized spacial score (nSPS) is 10.4. The van der Waals surface area contributed by atoms with Crippen LogP contribution < -0.4 is 11.5 Å². The van der Waals surface area contributed by atoms with E-state index >= 15 is 0 Å². The molecule has 1 amide bonds. The molecule has 0 bridgehead atoms. The van der Waals surface area contributed by atoms with E-state index in [0.29, 0.717) is 12.0 Å². The summed E-state index contributed by atoms with van der Waals surface area (Å²) in [4.78, 5) is 11.0. The average Bonchev–Trinajstić information content (AvgIpc) is 2.11. The quantitative estimate of drug-likeness (QED) is 0.392. The zero-order valence-electron chi connectivity index (χ0n) is 9.78. The third kappa shape index (κ3) is 8.39. The number of rotatable bonds is 7. The van der Waals surface area contributed by atoms with Gasteiger partial charge in [-0.1, -0.05) is 13.5 Å². The highest BCUT2D eigenvalue weighted by atomic mass is 32.2. The Bertz CT molecular complexity index is 324. The third-order valence-corrected chi connectivity index (χ3v) is 2.93. The van der Waals surface area contributed by atoms with E-state index < -0.39 is 10.1 Å². The number of hydrogen-bond acceptors (Lipinski definition) is 5. The second-order valence-electron chi connectivity index (χ2n) is 3.12. The fourth-order valence-electron chi connectivity index (χ4n) is 0.793. The molecule has 0 aliphatic rings. The Morgan fingerprint density at radius 3 is 2.44 bits per heavy atom. The van der Waals surface area contributed by atoms with E-state index in [0.717, 1.165) is 0 Å². The van der Waals surface area contributed by atoms with Gasteiger partial charge in [-0.25, -0.2) is 0 Å². The molecule has 0 aromatic rings. The van der Waals surface area contributed by atoms with Gasteiger partial charge >= 0.3 is 0 Å². The van der Waals surface area contributed by atoms with E-state index in [2.05, 4.69) is 16.1 Å². The first-order chi connectivity index (χ1) is 6.89. The van der Waals surface area contributed by atoms with Crippen molar-refractivity contribution < 1.29 is 17.4 Å². The predicted molar refractivity (Wildman–Crippen MR) is 62.9 cm³/mol. The average molecular weight is 252 g/mol. The van der Waals surface area contributed by atoms with Crippen LogP contribution in [0.25, 0.3) is 0 Å². The van der Waals surface area contributed by atoms with Gasteiger partial charge in [-0.2, -0.15) is 8.42 Å². The van der Waals surface area contributed by atoms with Crippen molar-refractivity contribution in [3.63, 3.8) is 0 Å². The highest BCUT2D eigenvalue weighted by molar-refractivity contribution is 7.86. The molecular weight excluding hydrogens is 232 g/mol. The number of nitrogens with one attached hydrogen (secondary N) is 1. The fourth-order valence-corrected chi connectivity index (χ4v) is 1.75. The van der Waals surface area contributed by atoms with Crippen LogP contribution in [0.5, 0.6) is 0 Å². The van der Waals surface area contributed by atoms with Crippen molar-refractivity contribution >= 4 is 16.0 Å². The van der Waals surface area contributed by atoms with E-state index in [1.54, 1.807) is 13.8 Å². The minimum Gasteiger partial charge on any atom is -0.350 e. The number of amides is 1. The summed E-state index contributed by atoms with van der Waals surface area (Å²) in [5.74, 6) is -0.298. The van der Waals surface area contributed by atoms with Crippen LogP contribution in [0, 0.1) is 0 Å². The van der Waals surface area contributed by atoms with E-state index in [9.17, 15) is 13.2 Å². The lowest BCUT2D eigenvalue weighted by molar-refractivity contribution is -0.117. The highest BCUT2D eigenvalue weighted by Gasteiger charge is 2.09. The lowest BCUT2D eigenvalue weighted by Crippen LogP contribution is -2.28. The number of carbonyl (C=O) groups excluding carboxylic acids is 1. The van der Waals surface area contributed by atoms with Crippen LogP contribution in [0.4, 0.5) is 0 Å². The van der Waals surface area contributed by atoms with Gasteiger partial charge in [-0.15, -0.1) is 0 Å². The molecule has 0 aliphatic heterocycles. The minimum atomic E-state index is -3.42. The summed E-state index contributed by atoms with van der Waals surface area (Å²) in [6.45, 7) is 6.89. The first kappa shape index (κ1) is 17.5. The zero-order valence-corrected chi connectivity index (χ0v) is 10.6. The summed E-state index contributed by atoms with van der Waals surface area (Å²) in [5.41, 5.74) is 0.381. The molecule has 0 rings (SSSR count). The molecule has 0 aromatic heterocycles. The smallest absolute Gasteiger partial charge is 0.267 e. The fraction of sp³-hybridized carbons (Fsp3) is 0.667. The van der Waals surface area contributed by atoms with Crippen molar-refractivity contribution in [3.8, 4) is 0 Å². The molecular formula is C9H20N2O4S. The predicted octanol–water partition coefficient (Wildman–Crippen LogP) is 0.597.